The summed E-state index contributed by atoms with van der Waals surface area (Å²) in [5, 5.41) is 9.58. The molecule has 11 heavy (non-hydrogen) atoms. The number of hydrogen-bond acceptors (Lipinski definition) is 1. The first-order valence-electron chi connectivity index (χ1n) is 4.14. The number of aliphatic hydroxyl groups excluding tert-OH is 1. The highest BCUT2D eigenvalue weighted by molar-refractivity contribution is 5.20. The molecule has 1 unspecified atom stereocenters. The minimum atomic E-state index is -0.354. The van der Waals surface area contributed by atoms with Crippen molar-refractivity contribution >= 4 is 0 Å². The lowest BCUT2D eigenvalue weighted by atomic mass is 9.98. The number of aliphatic hydroxyl groups is 1. The summed E-state index contributed by atoms with van der Waals surface area (Å²) in [6, 6.07) is 0. The summed E-state index contributed by atoms with van der Waals surface area (Å²) < 4.78 is 0. The van der Waals surface area contributed by atoms with Gasteiger partial charge in [0, 0.05) is 0 Å². The Bertz CT molecular complexity index is 145. The van der Waals surface area contributed by atoms with E-state index in [1.165, 1.54) is 0 Å². The van der Waals surface area contributed by atoms with Gasteiger partial charge in [-0.3, -0.25) is 0 Å². The first kappa shape index (κ1) is 10.4. The van der Waals surface area contributed by atoms with Gasteiger partial charge in [-0.1, -0.05) is 39.5 Å². The van der Waals surface area contributed by atoms with Gasteiger partial charge in [-0.2, -0.15) is 0 Å². The van der Waals surface area contributed by atoms with Crippen molar-refractivity contribution in [1.29, 1.82) is 0 Å². The van der Waals surface area contributed by atoms with Crippen molar-refractivity contribution in [3.63, 3.8) is 0 Å². The molecule has 1 heteroatoms. The van der Waals surface area contributed by atoms with Crippen LogP contribution in [0, 0.1) is 5.92 Å². The Balaban J connectivity index is 4.25. The maximum atomic E-state index is 9.58. The molecule has 0 aromatic heterocycles. The van der Waals surface area contributed by atoms with Crippen LogP contribution in [0.15, 0.2) is 24.3 Å². The topological polar surface area (TPSA) is 20.2 Å². The van der Waals surface area contributed by atoms with Crippen molar-refractivity contribution in [1.82, 2.24) is 0 Å². The van der Waals surface area contributed by atoms with E-state index in [2.05, 4.69) is 13.5 Å². The summed E-state index contributed by atoms with van der Waals surface area (Å²) in [5.74, 6) is 0.269. The highest BCUT2D eigenvalue weighted by Crippen LogP contribution is 2.13. The third kappa shape index (κ3) is 3.38. The van der Waals surface area contributed by atoms with E-state index < -0.39 is 0 Å². The minimum absolute atomic E-state index is 0.269. The standard InChI is InChI=1S/C10H18O/c1-5-7-9(6-2)10(11)8(3)4/h6-8,10-11H,2,5H2,1,3-4H3/b9-7+. The van der Waals surface area contributed by atoms with Crippen molar-refractivity contribution in [3.05, 3.63) is 24.3 Å². The normalized spacial score (nSPS) is 15.2. The van der Waals surface area contributed by atoms with Crippen LogP contribution in [-0.4, -0.2) is 11.2 Å². The Labute approximate surface area is 69.4 Å². The van der Waals surface area contributed by atoms with Crippen LogP contribution in [0.5, 0.6) is 0 Å². The highest BCUT2D eigenvalue weighted by atomic mass is 16.3. The Kier molecular flexibility index (Phi) is 4.88. The molecular weight excluding hydrogens is 136 g/mol. The van der Waals surface area contributed by atoms with Gasteiger partial charge in [0.1, 0.15) is 0 Å². The van der Waals surface area contributed by atoms with Gasteiger partial charge in [-0.25, -0.2) is 0 Å². The van der Waals surface area contributed by atoms with Gasteiger partial charge in [0.15, 0.2) is 0 Å². The van der Waals surface area contributed by atoms with E-state index in [1.54, 1.807) is 6.08 Å². The molecule has 1 N–H and O–H groups in total. The fourth-order valence-corrected chi connectivity index (χ4v) is 0.945. The van der Waals surface area contributed by atoms with Gasteiger partial charge >= 0.3 is 0 Å². The molecule has 0 heterocycles. The van der Waals surface area contributed by atoms with Crippen LogP contribution >= 0.6 is 0 Å². The molecular formula is C10H18O. The van der Waals surface area contributed by atoms with E-state index in [1.807, 2.05) is 19.9 Å². The Morgan fingerprint density at radius 3 is 2.36 bits per heavy atom. The molecule has 0 radical (unpaired) electrons. The van der Waals surface area contributed by atoms with Gasteiger partial charge < -0.3 is 5.11 Å². The molecule has 0 saturated heterocycles. The lowest BCUT2D eigenvalue weighted by Crippen LogP contribution is -2.16. The monoisotopic (exact) mass is 154 g/mol. The fourth-order valence-electron chi connectivity index (χ4n) is 0.945. The van der Waals surface area contributed by atoms with Crippen molar-refractivity contribution in [2.45, 2.75) is 33.3 Å². The van der Waals surface area contributed by atoms with Gasteiger partial charge in [-0.05, 0) is 17.9 Å². The fraction of sp³-hybridized carbons (Fsp3) is 0.600. The van der Waals surface area contributed by atoms with Crippen LogP contribution in [0.4, 0.5) is 0 Å². The average Bonchev–Trinajstić information content (AvgIpc) is 1.98. The summed E-state index contributed by atoms with van der Waals surface area (Å²) >= 11 is 0. The summed E-state index contributed by atoms with van der Waals surface area (Å²) in [6.07, 6.45) is 4.34. The van der Waals surface area contributed by atoms with E-state index in [0.717, 1.165) is 12.0 Å². The maximum Gasteiger partial charge on any atom is 0.0809 e. The van der Waals surface area contributed by atoms with Crippen LogP contribution < -0.4 is 0 Å². The zero-order valence-electron chi connectivity index (χ0n) is 7.67. The van der Waals surface area contributed by atoms with E-state index in [9.17, 15) is 5.11 Å². The molecule has 0 rings (SSSR count). The SMILES string of the molecule is C=C/C(=C\CC)C(O)C(C)C. The third-order valence-electron chi connectivity index (χ3n) is 1.65. The second-order valence-electron chi connectivity index (χ2n) is 3.01. The molecule has 0 amide bonds. The largest absolute Gasteiger partial charge is 0.388 e. The molecule has 0 saturated carbocycles. The molecule has 0 spiro atoms. The first-order chi connectivity index (χ1) is 5.13. The number of rotatable bonds is 4. The zero-order chi connectivity index (χ0) is 8.85. The molecule has 0 fully saturated rings. The molecule has 0 aliphatic carbocycles. The van der Waals surface area contributed by atoms with Crippen molar-refractivity contribution in [2.75, 3.05) is 0 Å². The molecule has 0 aromatic carbocycles. The number of allylic oxidation sites excluding steroid dienone is 1. The minimum Gasteiger partial charge on any atom is -0.388 e. The maximum absolute atomic E-state index is 9.58. The second kappa shape index (κ2) is 5.14. The van der Waals surface area contributed by atoms with Gasteiger partial charge in [-0.15, -0.1) is 0 Å². The molecule has 1 nitrogen and oxygen atoms in total. The summed E-state index contributed by atoms with van der Waals surface area (Å²) in [7, 11) is 0. The lowest BCUT2D eigenvalue weighted by Gasteiger charge is -2.15. The Hall–Kier alpha value is -0.560. The van der Waals surface area contributed by atoms with Crippen LogP contribution in [-0.2, 0) is 0 Å². The molecule has 1 atom stereocenters. The Morgan fingerprint density at radius 1 is 1.55 bits per heavy atom. The Morgan fingerprint density at radius 2 is 2.09 bits per heavy atom. The predicted molar refractivity (Wildman–Crippen MR) is 49.4 cm³/mol. The van der Waals surface area contributed by atoms with Crippen molar-refractivity contribution < 1.29 is 5.11 Å². The van der Waals surface area contributed by atoms with Crippen molar-refractivity contribution in [3.8, 4) is 0 Å². The average molecular weight is 154 g/mol. The van der Waals surface area contributed by atoms with Crippen LogP contribution in [0.3, 0.4) is 0 Å². The lowest BCUT2D eigenvalue weighted by molar-refractivity contribution is 0.163. The second-order valence-corrected chi connectivity index (χ2v) is 3.01. The zero-order valence-corrected chi connectivity index (χ0v) is 7.67. The van der Waals surface area contributed by atoms with Crippen LogP contribution in [0.1, 0.15) is 27.2 Å². The quantitative estimate of drug-likeness (QED) is 0.617. The number of hydrogen-bond donors (Lipinski definition) is 1. The van der Waals surface area contributed by atoms with Crippen molar-refractivity contribution in [2.24, 2.45) is 5.92 Å². The van der Waals surface area contributed by atoms with E-state index in [0.29, 0.717) is 0 Å². The van der Waals surface area contributed by atoms with Crippen LogP contribution in [0.25, 0.3) is 0 Å². The summed E-state index contributed by atoms with van der Waals surface area (Å²) in [6.45, 7) is 9.70. The molecule has 0 aromatic rings. The van der Waals surface area contributed by atoms with Gasteiger partial charge in [0.05, 0.1) is 6.10 Å². The summed E-state index contributed by atoms with van der Waals surface area (Å²) in [4.78, 5) is 0. The smallest absolute Gasteiger partial charge is 0.0809 e. The molecule has 0 aliphatic rings. The predicted octanol–water partition coefficient (Wildman–Crippen LogP) is 2.53. The van der Waals surface area contributed by atoms with E-state index >= 15 is 0 Å². The molecule has 0 aliphatic heterocycles. The molecule has 64 valence electrons. The van der Waals surface area contributed by atoms with Gasteiger partial charge in [0.25, 0.3) is 0 Å². The highest BCUT2D eigenvalue weighted by Gasteiger charge is 2.10. The van der Waals surface area contributed by atoms with Gasteiger partial charge in [0.2, 0.25) is 0 Å². The summed E-state index contributed by atoms with van der Waals surface area (Å²) in [5.41, 5.74) is 0.947. The first-order valence-corrected chi connectivity index (χ1v) is 4.14. The van der Waals surface area contributed by atoms with E-state index in [4.69, 9.17) is 0 Å². The third-order valence-corrected chi connectivity index (χ3v) is 1.65. The molecule has 0 bridgehead atoms. The van der Waals surface area contributed by atoms with Crippen LogP contribution in [0.2, 0.25) is 0 Å². The van der Waals surface area contributed by atoms with E-state index in [-0.39, 0.29) is 12.0 Å².